The highest BCUT2D eigenvalue weighted by molar-refractivity contribution is 5.93. The summed E-state index contributed by atoms with van der Waals surface area (Å²) in [5.41, 5.74) is 2.10. The number of ether oxygens (including phenoxy) is 2. The first kappa shape index (κ1) is 19.5. The summed E-state index contributed by atoms with van der Waals surface area (Å²) in [6, 6.07) is 14.3. The first-order valence-electron chi connectivity index (χ1n) is 8.69. The Hall–Kier alpha value is -2.82. The lowest BCUT2D eigenvalue weighted by Gasteiger charge is -2.14. The molecule has 2 aromatic rings. The molecule has 0 saturated carbocycles. The van der Waals surface area contributed by atoms with E-state index in [-0.39, 0.29) is 24.6 Å². The standard InChI is InChI=1S/C21H25NO4/c1-14(2)18-7-5-6-8-19(18)25-13-20(23)22-17-11-9-16(10-12-17)21(24)26-15(3)4/h5-12,14-15H,13H2,1-4H3,(H,22,23). The molecule has 1 N–H and O–H groups in total. The molecule has 138 valence electrons. The van der Waals surface area contributed by atoms with Gasteiger partial charge in [0.25, 0.3) is 5.91 Å². The quantitative estimate of drug-likeness (QED) is 0.748. The lowest BCUT2D eigenvalue weighted by Crippen LogP contribution is -2.20. The van der Waals surface area contributed by atoms with Crippen LogP contribution in [-0.4, -0.2) is 24.6 Å². The van der Waals surface area contributed by atoms with Gasteiger partial charge in [-0.25, -0.2) is 4.79 Å². The van der Waals surface area contributed by atoms with Crippen molar-refractivity contribution < 1.29 is 19.1 Å². The van der Waals surface area contributed by atoms with Gasteiger partial charge in [0.05, 0.1) is 11.7 Å². The number of nitrogens with one attached hydrogen (secondary N) is 1. The second-order valence-corrected chi connectivity index (χ2v) is 6.56. The van der Waals surface area contributed by atoms with Gasteiger partial charge in [0.15, 0.2) is 6.61 Å². The Kier molecular flexibility index (Phi) is 6.78. The molecule has 0 atom stereocenters. The number of hydrogen-bond acceptors (Lipinski definition) is 4. The Morgan fingerprint density at radius 2 is 1.62 bits per heavy atom. The molecule has 0 radical (unpaired) electrons. The van der Waals surface area contributed by atoms with Gasteiger partial charge in [-0.05, 0) is 55.7 Å². The van der Waals surface area contributed by atoms with Crippen molar-refractivity contribution in [1.29, 1.82) is 0 Å². The predicted octanol–water partition coefficient (Wildman–Crippen LogP) is 4.39. The molecule has 0 aromatic heterocycles. The van der Waals surface area contributed by atoms with Crippen LogP contribution in [0.2, 0.25) is 0 Å². The van der Waals surface area contributed by atoms with Crippen LogP contribution in [0.15, 0.2) is 48.5 Å². The normalized spacial score (nSPS) is 10.7. The van der Waals surface area contributed by atoms with Crippen molar-refractivity contribution in [3.63, 3.8) is 0 Å². The van der Waals surface area contributed by atoms with Gasteiger partial charge < -0.3 is 14.8 Å². The van der Waals surface area contributed by atoms with E-state index in [4.69, 9.17) is 9.47 Å². The highest BCUT2D eigenvalue weighted by atomic mass is 16.5. The number of rotatable bonds is 7. The average molecular weight is 355 g/mol. The monoisotopic (exact) mass is 355 g/mol. The number of benzene rings is 2. The summed E-state index contributed by atoms with van der Waals surface area (Å²) in [4.78, 5) is 23.9. The Morgan fingerprint density at radius 1 is 0.962 bits per heavy atom. The van der Waals surface area contributed by atoms with E-state index in [0.29, 0.717) is 22.9 Å². The van der Waals surface area contributed by atoms with Crippen molar-refractivity contribution in [3.8, 4) is 5.75 Å². The Bertz CT molecular complexity index is 751. The summed E-state index contributed by atoms with van der Waals surface area (Å²) in [5, 5.41) is 2.75. The summed E-state index contributed by atoms with van der Waals surface area (Å²) in [5.74, 6) is 0.379. The van der Waals surface area contributed by atoms with Crippen LogP contribution in [0.1, 0.15) is 49.5 Å². The average Bonchev–Trinajstić information content (AvgIpc) is 2.60. The smallest absolute Gasteiger partial charge is 0.338 e. The van der Waals surface area contributed by atoms with Gasteiger partial charge in [-0.15, -0.1) is 0 Å². The van der Waals surface area contributed by atoms with E-state index >= 15 is 0 Å². The van der Waals surface area contributed by atoms with Crippen molar-refractivity contribution in [3.05, 3.63) is 59.7 Å². The first-order valence-corrected chi connectivity index (χ1v) is 8.69. The van der Waals surface area contributed by atoms with Crippen LogP contribution >= 0.6 is 0 Å². The predicted molar refractivity (Wildman–Crippen MR) is 102 cm³/mol. The molecule has 0 spiro atoms. The van der Waals surface area contributed by atoms with Crippen LogP contribution in [0.25, 0.3) is 0 Å². The molecule has 0 fully saturated rings. The second kappa shape index (κ2) is 9.04. The van der Waals surface area contributed by atoms with E-state index in [0.717, 1.165) is 5.56 Å². The van der Waals surface area contributed by atoms with Crippen LogP contribution in [0.5, 0.6) is 5.75 Å². The SMILES string of the molecule is CC(C)OC(=O)c1ccc(NC(=O)COc2ccccc2C(C)C)cc1. The lowest BCUT2D eigenvalue weighted by molar-refractivity contribution is -0.118. The highest BCUT2D eigenvalue weighted by Gasteiger charge is 2.11. The van der Waals surface area contributed by atoms with Gasteiger partial charge >= 0.3 is 5.97 Å². The Balaban J connectivity index is 1.91. The maximum Gasteiger partial charge on any atom is 0.338 e. The van der Waals surface area contributed by atoms with Crippen molar-refractivity contribution in [2.75, 3.05) is 11.9 Å². The maximum atomic E-state index is 12.1. The third-order valence-corrected chi connectivity index (χ3v) is 3.65. The molecule has 2 rings (SSSR count). The molecule has 0 aliphatic carbocycles. The molecule has 0 aliphatic rings. The minimum absolute atomic E-state index is 0.0825. The highest BCUT2D eigenvalue weighted by Crippen LogP contribution is 2.25. The van der Waals surface area contributed by atoms with E-state index in [1.807, 2.05) is 24.3 Å². The van der Waals surface area contributed by atoms with Crippen molar-refractivity contribution in [2.45, 2.75) is 39.7 Å². The van der Waals surface area contributed by atoms with E-state index in [1.54, 1.807) is 38.1 Å². The number of hydrogen-bond donors (Lipinski definition) is 1. The Morgan fingerprint density at radius 3 is 2.23 bits per heavy atom. The van der Waals surface area contributed by atoms with Gasteiger partial charge in [0.2, 0.25) is 0 Å². The number of anilines is 1. The van der Waals surface area contributed by atoms with Gasteiger partial charge in [-0.1, -0.05) is 32.0 Å². The van der Waals surface area contributed by atoms with Crippen LogP contribution < -0.4 is 10.1 Å². The number of carbonyl (C=O) groups excluding carboxylic acids is 2. The second-order valence-electron chi connectivity index (χ2n) is 6.56. The zero-order valence-corrected chi connectivity index (χ0v) is 15.6. The van der Waals surface area contributed by atoms with Crippen molar-refractivity contribution in [1.82, 2.24) is 0 Å². The fourth-order valence-corrected chi connectivity index (χ4v) is 2.40. The Labute approximate surface area is 154 Å². The number of carbonyl (C=O) groups is 2. The summed E-state index contributed by atoms with van der Waals surface area (Å²) in [6.07, 6.45) is -0.173. The molecule has 26 heavy (non-hydrogen) atoms. The molecule has 5 heteroatoms. The number of esters is 1. The van der Waals surface area contributed by atoms with Crippen LogP contribution in [0, 0.1) is 0 Å². The molecule has 0 saturated heterocycles. The number of amides is 1. The lowest BCUT2D eigenvalue weighted by atomic mass is 10.0. The maximum absolute atomic E-state index is 12.1. The van der Waals surface area contributed by atoms with Crippen molar-refractivity contribution >= 4 is 17.6 Å². The molecule has 0 bridgehead atoms. The molecule has 0 unspecified atom stereocenters. The molecule has 0 aliphatic heterocycles. The van der Waals surface area contributed by atoms with E-state index in [9.17, 15) is 9.59 Å². The fraction of sp³-hybridized carbons (Fsp3) is 0.333. The van der Waals surface area contributed by atoms with E-state index in [2.05, 4.69) is 19.2 Å². The molecular weight excluding hydrogens is 330 g/mol. The minimum atomic E-state index is -0.383. The zero-order chi connectivity index (χ0) is 19.1. The first-order chi connectivity index (χ1) is 12.4. The van der Waals surface area contributed by atoms with Gasteiger partial charge in [0, 0.05) is 5.69 Å². The van der Waals surface area contributed by atoms with Crippen LogP contribution in [0.4, 0.5) is 5.69 Å². The largest absolute Gasteiger partial charge is 0.483 e. The van der Waals surface area contributed by atoms with Crippen molar-refractivity contribution in [2.24, 2.45) is 0 Å². The van der Waals surface area contributed by atoms with E-state index < -0.39 is 0 Å². The molecule has 1 amide bonds. The van der Waals surface area contributed by atoms with Crippen LogP contribution in [-0.2, 0) is 9.53 Å². The molecular formula is C21H25NO4. The zero-order valence-electron chi connectivity index (χ0n) is 15.6. The number of para-hydroxylation sites is 1. The minimum Gasteiger partial charge on any atom is -0.483 e. The fourth-order valence-electron chi connectivity index (χ4n) is 2.40. The third-order valence-electron chi connectivity index (χ3n) is 3.65. The summed E-state index contributed by atoms with van der Waals surface area (Å²) >= 11 is 0. The summed E-state index contributed by atoms with van der Waals surface area (Å²) in [7, 11) is 0. The van der Waals surface area contributed by atoms with Crippen LogP contribution in [0.3, 0.4) is 0 Å². The molecule has 2 aromatic carbocycles. The summed E-state index contributed by atoms with van der Waals surface area (Å²) < 4.78 is 10.8. The van der Waals surface area contributed by atoms with Gasteiger partial charge in [0.1, 0.15) is 5.75 Å². The third kappa shape index (κ3) is 5.62. The topological polar surface area (TPSA) is 64.6 Å². The van der Waals surface area contributed by atoms with E-state index in [1.165, 1.54) is 0 Å². The van der Waals surface area contributed by atoms with Gasteiger partial charge in [-0.2, -0.15) is 0 Å². The molecule has 5 nitrogen and oxygen atoms in total. The molecule has 0 heterocycles. The summed E-state index contributed by atoms with van der Waals surface area (Å²) in [6.45, 7) is 7.66. The van der Waals surface area contributed by atoms with Gasteiger partial charge in [-0.3, -0.25) is 4.79 Å².